The van der Waals surface area contributed by atoms with Gasteiger partial charge in [-0.2, -0.15) is 0 Å². The Morgan fingerprint density at radius 2 is 1.14 bits per heavy atom. The van der Waals surface area contributed by atoms with E-state index in [1.807, 2.05) is 0 Å². The zero-order valence-electron chi connectivity index (χ0n) is 31.3. The zero-order chi connectivity index (χ0) is 33.3. The molecule has 0 amide bonds. The van der Waals surface area contributed by atoms with Crippen LogP contribution in [0.25, 0.3) is 0 Å². The van der Waals surface area contributed by atoms with E-state index in [-0.39, 0.29) is 58.2 Å². The fourth-order valence-electron chi connectivity index (χ4n) is 4.45. The molecule has 250 valence electrons. The second kappa shape index (κ2) is 14.0. The largest absolute Gasteiger partial charge is 0.411 e. The first kappa shape index (κ1) is 40.4. The molecule has 5 nitrogen and oxygen atoms in total. The van der Waals surface area contributed by atoms with E-state index >= 15 is 0 Å². The Morgan fingerprint density at radius 3 is 1.52 bits per heavy atom. The third-order valence-electron chi connectivity index (χ3n) is 10.6. The molecule has 1 aliphatic heterocycles. The summed E-state index contributed by atoms with van der Waals surface area (Å²) in [6.45, 7) is 44.4. The van der Waals surface area contributed by atoms with Gasteiger partial charge in [0.15, 0.2) is 25.0 Å². The monoisotopic (exact) mass is 660 g/mol. The molecule has 0 radical (unpaired) electrons. The summed E-state index contributed by atoms with van der Waals surface area (Å²) in [5.74, 6) is 0.131. The highest BCUT2D eigenvalue weighted by molar-refractivity contribution is 6.81. The van der Waals surface area contributed by atoms with Crippen LogP contribution in [0.4, 0.5) is 0 Å². The van der Waals surface area contributed by atoms with Crippen LogP contribution in [0.1, 0.15) is 82.1 Å². The molecule has 1 saturated heterocycles. The number of hydrogen-bond donors (Lipinski definition) is 1. The third-order valence-corrected chi connectivity index (χ3v) is 25.2. The maximum absolute atomic E-state index is 9.80. The molecule has 1 N–H and O–H groups in total. The van der Waals surface area contributed by atoms with Gasteiger partial charge in [-0.1, -0.05) is 101 Å². The van der Waals surface area contributed by atoms with Crippen LogP contribution in [-0.4, -0.2) is 75.3 Å². The molecule has 1 aliphatic rings. The lowest BCUT2D eigenvalue weighted by atomic mass is 9.84. The van der Waals surface area contributed by atoms with Crippen molar-refractivity contribution >= 4 is 33.0 Å². The Morgan fingerprint density at radius 1 is 0.714 bits per heavy atom. The van der Waals surface area contributed by atoms with Crippen molar-refractivity contribution in [2.24, 2.45) is 5.92 Å². The van der Waals surface area contributed by atoms with Gasteiger partial charge in [-0.3, -0.25) is 0 Å². The topological polar surface area (TPSA) is 57.2 Å². The Labute approximate surface area is 266 Å². The number of hydrogen-bond acceptors (Lipinski definition) is 5. The Bertz CT molecular complexity index is 875. The smallest absolute Gasteiger partial charge is 0.193 e. The van der Waals surface area contributed by atoms with E-state index in [9.17, 15) is 5.11 Å². The average molecular weight is 661 g/mol. The zero-order valence-corrected chi connectivity index (χ0v) is 35.3. The predicted octanol–water partition coefficient (Wildman–Crippen LogP) is 9.77. The van der Waals surface area contributed by atoms with E-state index in [2.05, 4.69) is 140 Å². The van der Waals surface area contributed by atoms with Gasteiger partial charge in [0.25, 0.3) is 0 Å². The van der Waals surface area contributed by atoms with Crippen LogP contribution in [0.5, 0.6) is 0 Å². The van der Waals surface area contributed by atoms with E-state index in [1.54, 1.807) is 0 Å². The van der Waals surface area contributed by atoms with Crippen LogP contribution in [0.2, 0.25) is 74.0 Å². The molecule has 0 saturated carbocycles. The number of ether oxygens (including phenoxy) is 1. The second-order valence-corrected chi connectivity index (χ2v) is 38.0. The van der Waals surface area contributed by atoms with Crippen molar-refractivity contribution in [3.05, 3.63) is 11.8 Å². The van der Waals surface area contributed by atoms with Crippen molar-refractivity contribution < 1.29 is 23.1 Å². The molecule has 0 spiro atoms. The third kappa shape index (κ3) is 10.7. The summed E-state index contributed by atoms with van der Waals surface area (Å²) in [6.07, 6.45) is 2.89. The lowest BCUT2D eigenvalue weighted by molar-refractivity contribution is -0.207. The highest BCUT2D eigenvalue weighted by atomic mass is 28.4. The molecule has 0 unspecified atom stereocenters. The fraction of sp³-hybridized carbons (Fsp3) is 0.939. The van der Waals surface area contributed by atoms with E-state index in [0.29, 0.717) is 6.42 Å². The van der Waals surface area contributed by atoms with E-state index in [0.717, 1.165) is 6.42 Å². The van der Waals surface area contributed by atoms with Crippen LogP contribution in [-0.2, 0) is 18.0 Å². The molecular weight excluding hydrogens is 589 g/mol. The summed E-state index contributed by atoms with van der Waals surface area (Å²) in [7, 11) is -8.07. The van der Waals surface area contributed by atoms with Crippen molar-refractivity contribution in [3.63, 3.8) is 0 Å². The van der Waals surface area contributed by atoms with Gasteiger partial charge in [0.1, 0.15) is 6.10 Å². The normalized spacial score (nSPS) is 26.6. The van der Waals surface area contributed by atoms with Crippen molar-refractivity contribution in [3.8, 4) is 0 Å². The van der Waals surface area contributed by atoms with Crippen LogP contribution in [0.15, 0.2) is 11.8 Å². The molecule has 0 aliphatic carbocycles. The minimum atomic E-state index is -2.22. The van der Waals surface area contributed by atoms with Gasteiger partial charge < -0.3 is 23.1 Å². The highest BCUT2D eigenvalue weighted by Crippen LogP contribution is 2.46. The minimum Gasteiger partial charge on any atom is -0.411 e. The fourth-order valence-corrected chi connectivity index (χ4v) is 9.15. The molecule has 1 fully saturated rings. The van der Waals surface area contributed by atoms with Gasteiger partial charge >= 0.3 is 0 Å². The van der Waals surface area contributed by atoms with Crippen LogP contribution in [0, 0.1) is 5.92 Å². The molecule has 6 atom stereocenters. The van der Waals surface area contributed by atoms with Crippen molar-refractivity contribution in [1.29, 1.82) is 0 Å². The van der Waals surface area contributed by atoms with Crippen molar-refractivity contribution in [1.82, 2.24) is 0 Å². The molecule has 42 heavy (non-hydrogen) atoms. The molecule has 1 heterocycles. The first-order valence-electron chi connectivity index (χ1n) is 16.5. The Balaban J connectivity index is 3.95. The Kier molecular flexibility index (Phi) is 13.5. The SMILES string of the molecule is C[C@@H]1[C@H](O[Si](C)(C)C(C)(C)C)[C@H](O[Si](C)(C)C(C)(C)C)[C@H]([C@H](/C=C/[Si](C)(C)C)O[Si](C)(C)C(C)(C)C)O[C@H]1CCCO. The molecule has 0 aromatic carbocycles. The summed E-state index contributed by atoms with van der Waals surface area (Å²) in [5.41, 5.74) is 2.42. The van der Waals surface area contributed by atoms with Crippen molar-refractivity contribution in [2.75, 3.05) is 6.61 Å². The second-order valence-electron chi connectivity index (χ2n) is 18.6. The standard InChI is InChI=1S/C33H72O5Si4/c1-25-26(21-20-23-34)35-29(27(22-24-39(11,12)13)36-40(14,15)31(2,3)4)30(38-42(18,19)33(8,9)10)28(25)37-41(16,17)32(5,6)7/h22,24-30,34H,20-21,23H2,1-19H3/b24-22+/t25-,26-,27-,28-,29-,30-/m0/s1. The number of aliphatic hydroxyl groups is 1. The highest BCUT2D eigenvalue weighted by Gasteiger charge is 2.55. The van der Waals surface area contributed by atoms with Gasteiger partial charge in [0.05, 0.1) is 32.5 Å². The summed E-state index contributed by atoms with van der Waals surface area (Å²) in [5, 5.41) is 9.97. The first-order chi connectivity index (χ1) is 18.5. The van der Waals surface area contributed by atoms with Gasteiger partial charge in [-0.25, -0.2) is 0 Å². The van der Waals surface area contributed by atoms with Gasteiger partial charge in [0.2, 0.25) is 0 Å². The molecule has 0 bridgehead atoms. The summed E-state index contributed by atoms with van der Waals surface area (Å²) >= 11 is 0. The van der Waals surface area contributed by atoms with Crippen LogP contribution >= 0.6 is 0 Å². The molecule has 0 aromatic rings. The lowest BCUT2D eigenvalue weighted by Crippen LogP contribution is -2.65. The van der Waals surface area contributed by atoms with E-state index in [4.69, 9.17) is 18.0 Å². The molecule has 1 rings (SSSR count). The maximum Gasteiger partial charge on any atom is 0.193 e. The lowest BCUT2D eigenvalue weighted by Gasteiger charge is -2.54. The number of aliphatic hydroxyl groups excluding tert-OH is 1. The predicted molar refractivity (Wildman–Crippen MR) is 193 cm³/mol. The quantitative estimate of drug-likeness (QED) is 0.211. The van der Waals surface area contributed by atoms with Gasteiger partial charge in [-0.15, -0.1) is 0 Å². The summed E-state index contributed by atoms with van der Waals surface area (Å²) in [4.78, 5) is 0. The maximum atomic E-state index is 9.80. The Hall–Kier alpha value is 0.408. The van der Waals surface area contributed by atoms with Gasteiger partial charge in [0, 0.05) is 12.5 Å². The molecule has 9 heteroatoms. The summed E-state index contributed by atoms with van der Waals surface area (Å²) in [6, 6.07) is 0. The molecule has 0 aromatic heterocycles. The van der Waals surface area contributed by atoms with Crippen LogP contribution in [0.3, 0.4) is 0 Å². The molecular formula is C33H72O5Si4. The first-order valence-corrected chi connectivity index (χ1v) is 28.8. The van der Waals surface area contributed by atoms with E-state index < -0.39 is 33.0 Å². The van der Waals surface area contributed by atoms with Crippen LogP contribution < -0.4 is 0 Å². The average Bonchev–Trinajstić information content (AvgIpc) is 2.75. The minimum absolute atomic E-state index is 0.0398. The van der Waals surface area contributed by atoms with Crippen molar-refractivity contribution in [2.45, 2.75) is 187 Å². The van der Waals surface area contributed by atoms with E-state index in [1.165, 1.54) is 0 Å². The number of rotatable bonds is 12. The summed E-state index contributed by atoms with van der Waals surface area (Å²) < 4.78 is 29.3. The van der Waals surface area contributed by atoms with Gasteiger partial charge in [-0.05, 0) is 67.2 Å².